The lowest BCUT2D eigenvalue weighted by Gasteiger charge is -2.51. The molecule has 7 rings (SSSR count). The predicted octanol–water partition coefficient (Wildman–Crippen LogP) is 0.233. The first-order chi connectivity index (χ1) is 21.4. The first kappa shape index (κ1) is 30.6. The van der Waals surface area contributed by atoms with E-state index in [0.717, 1.165) is 60.1 Å². The van der Waals surface area contributed by atoms with E-state index in [0.29, 0.717) is 40.8 Å². The molecule has 1 spiro atoms. The smallest absolute Gasteiger partial charge is 0.352 e. The van der Waals surface area contributed by atoms with Crippen molar-refractivity contribution in [1.29, 1.82) is 0 Å². The van der Waals surface area contributed by atoms with Crippen LogP contribution in [0.25, 0.3) is 10.8 Å². The van der Waals surface area contributed by atoms with Crippen molar-refractivity contribution >= 4 is 38.4 Å². The van der Waals surface area contributed by atoms with Gasteiger partial charge in [-0.3, -0.25) is 9.10 Å². The number of hydrogen-bond donors (Lipinski definition) is 4. The van der Waals surface area contributed by atoms with Crippen molar-refractivity contribution in [3.63, 3.8) is 0 Å². The van der Waals surface area contributed by atoms with Gasteiger partial charge in [0.25, 0.3) is 10.0 Å². The van der Waals surface area contributed by atoms with E-state index in [4.69, 9.17) is 0 Å². The molecule has 4 N–H and O–H groups in total. The number of anilines is 1. The van der Waals surface area contributed by atoms with Crippen LogP contribution in [0.3, 0.4) is 0 Å². The van der Waals surface area contributed by atoms with Crippen molar-refractivity contribution in [2.75, 3.05) is 69.9 Å². The van der Waals surface area contributed by atoms with E-state index in [1.165, 1.54) is 16.1 Å². The van der Waals surface area contributed by atoms with Crippen molar-refractivity contribution in [2.45, 2.75) is 43.9 Å². The molecule has 2 aromatic rings. The Balaban J connectivity index is 1.23. The number of benzene rings is 2. The van der Waals surface area contributed by atoms with Gasteiger partial charge in [0.15, 0.2) is 0 Å². The van der Waals surface area contributed by atoms with Gasteiger partial charge in [-0.25, -0.2) is 13.2 Å². The fourth-order valence-electron chi connectivity index (χ4n) is 9.04. The molecule has 2 unspecified atom stereocenters. The zero-order valence-electron chi connectivity index (χ0n) is 25.7. The molecular formula is C32H42N4O8S+2. The van der Waals surface area contributed by atoms with E-state index in [1.54, 1.807) is 13.0 Å². The van der Waals surface area contributed by atoms with Gasteiger partial charge >= 0.3 is 5.97 Å². The minimum Gasteiger partial charge on any atom is -0.477 e. The Hall–Kier alpha value is -3.07. The number of piperazine rings is 1. The summed E-state index contributed by atoms with van der Waals surface area (Å²) >= 11 is 0. The molecule has 0 saturated carbocycles. The minimum atomic E-state index is -4.04. The molecule has 5 heterocycles. The van der Waals surface area contributed by atoms with Crippen LogP contribution in [0.5, 0.6) is 0 Å². The summed E-state index contributed by atoms with van der Waals surface area (Å²) in [6.07, 6.45) is -0.138. The fourth-order valence-corrected chi connectivity index (χ4v) is 10.8. The molecule has 242 valence electrons. The molecule has 0 bridgehead atoms. The molecule has 13 heteroatoms. The van der Waals surface area contributed by atoms with E-state index in [9.17, 15) is 38.4 Å². The highest BCUT2D eigenvalue weighted by molar-refractivity contribution is 7.93. The molecule has 2 fully saturated rings. The minimum absolute atomic E-state index is 0.0780. The molecule has 2 saturated heterocycles. The van der Waals surface area contributed by atoms with E-state index in [2.05, 4.69) is 0 Å². The number of fused-ring (bicyclic) bond motifs is 3. The number of quaternary nitrogens is 2. The molecule has 5 aliphatic rings. The number of hydrogen-bond acceptors (Lipinski definition) is 7. The third-order valence-electron chi connectivity index (χ3n) is 11.6. The highest BCUT2D eigenvalue weighted by Crippen LogP contribution is 2.50. The van der Waals surface area contributed by atoms with Crippen LogP contribution in [-0.2, 0) is 32.6 Å². The molecule has 0 aromatic heterocycles. The summed E-state index contributed by atoms with van der Waals surface area (Å²) in [6.45, 7) is 9.64. The van der Waals surface area contributed by atoms with E-state index in [-0.39, 0.29) is 30.4 Å². The quantitative estimate of drug-likeness (QED) is 0.236. The number of aliphatic hydroxyl groups is 3. The van der Waals surface area contributed by atoms with Gasteiger partial charge in [-0.2, -0.15) is 0 Å². The number of carboxylic acid groups (broad SMARTS) is 1. The first-order valence-electron chi connectivity index (χ1n) is 15.9. The number of carbonyl (C=O) groups is 2. The van der Waals surface area contributed by atoms with Crippen molar-refractivity contribution in [2.24, 2.45) is 11.8 Å². The molecule has 45 heavy (non-hydrogen) atoms. The van der Waals surface area contributed by atoms with E-state index < -0.39 is 45.9 Å². The monoisotopic (exact) mass is 642 g/mol. The summed E-state index contributed by atoms with van der Waals surface area (Å²) in [7, 11) is -4.04. The highest BCUT2D eigenvalue weighted by atomic mass is 32.2. The largest absolute Gasteiger partial charge is 0.477 e. The Kier molecular flexibility index (Phi) is 7.12. The summed E-state index contributed by atoms with van der Waals surface area (Å²) in [6, 6.07) is 6.91. The van der Waals surface area contributed by atoms with Crippen LogP contribution in [0.1, 0.15) is 25.0 Å². The van der Waals surface area contributed by atoms with E-state index >= 15 is 0 Å². The molecule has 12 nitrogen and oxygen atoms in total. The SMILES string of the molecule is CC(O)C1C(=O)N2C(C(=O)O)=C(CN3c4cccc5c6c(cc(c45)S3(=O)=O)C[N+]3(CC6)CC[N+](CCO)(CCO)CC3)[C@H](C)[C@H]12. The Bertz CT molecular complexity index is 1740. The summed E-state index contributed by atoms with van der Waals surface area (Å²) < 4.78 is 31.5. The van der Waals surface area contributed by atoms with Gasteiger partial charge in [0, 0.05) is 23.3 Å². The number of aliphatic hydroxyl groups excluding tert-OH is 3. The van der Waals surface area contributed by atoms with Crippen molar-refractivity contribution < 1.29 is 47.4 Å². The van der Waals surface area contributed by atoms with Gasteiger partial charge in [0.1, 0.15) is 51.5 Å². The second-order valence-corrected chi connectivity index (χ2v) is 15.6. The summed E-state index contributed by atoms with van der Waals surface area (Å²) in [5.41, 5.74) is 2.88. The van der Waals surface area contributed by atoms with Crippen LogP contribution < -0.4 is 4.31 Å². The number of aliphatic carboxylic acids is 1. The van der Waals surface area contributed by atoms with Crippen LogP contribution >= 0.6 is 0 Å². The zero-order valence-corrected chi connectivity index (χ0v) is 26.5. The average Bonchev–Trinajstić information content (AvgIpc) is 3.36. The molecule has 0 aliphatic carbocycles. The van der Waals surface area contributed by atoms with Crippen LogP contribution in [0.4, 0.5) is 5.69 Å². The van der Waals surface area contributed by atoms with Gasteiger partial charge in [-0.1, -0.05) is 19.1 Å². The number of amides is 1. The van der Waals surface area contributed by atoms with Crippen LogP contribution in [-0.4, -0.2) is 132 Å². The second kappa shape index (κ2) is 10.5. The number of β-lactam (4-membered cyclic amide) rings is 1. The normalized spacial score (nSPS) is 27.9. The third kappa shape index (κ3) is 4.31. The predicted molar refractivity (Wildman–Crippen MR) is 164 cm³/mol. The number of carbonyl (C=O) groups excluding carboxylic acids is 1. The summed E-state index contributed by atoms with van der Waals surface area (Å²) in [5.74, 6) is -2.90. The molecular weight excluding hydrogens is 600 g/mol. The molecule has 5 aliphatic heterocycles. The van der Waals surface area contributed by atoms with Gasteiger partial charge < -0.3 is 34.3 Å². The zero-order chi connectivity index (χ0) is 32.1. The summed E-state index contributed by atoms with van der Waals surface area (Å²) in [4.78, 5) is 26.8. The molecule has 4 atom stereocenters. The Morgan fingerprint density at radius 3 is 2.40 bits per heavy atom. The third-order valence-corrected chi connectivity index (χ3v) is 13.3. The maximum Gasteiger partial charge on any atom is 0.352 e. The first-order valence-corrected chi connectivity index (χ1v) is 17.3. The Morgan fingerprint density at radius 2 is 1.78 bits per heavy atom. The summed E-state index contributed by atoms with van der Waals surface area (Å²) in [5, 5.41) is 41.3. The maximum atomic E-state index is 14.3. The number of carboxylic acids is 1. The second-order valence-electron chi connectivity index (χ2n) is 13.8. The highest BCUT2D eigenvalue weighted by Gasteiger charge is 2.60. The van der Waals surface area contributed by atoms with Gasteiger partial charge in [-0.05, 0) is 35.6 Å². The van der Waals surface area contributed by atoms with Crippen molar-refractivity contribution in [1.82, 2.24) is 4.90 Å². The Labute approximate surface area is 262 Å². The molecule has 1 amide bonds. The number of sulfonamides is 1. The average molecular weight is 643 g/mol. The lowest BCUT2D eigenvalue weighted by atomic mass is 9.78. The molecule has 0 radical (unpaired) electrons. The molecule has 2 aromatic carbocycles. The Morgan fingerprint density at radius 1 is 1.09 bits per heavy atom. The van der Waals surface area contributed by atoms with Gasteiger partial charge in [0.05, 0.1) is 54.9 Å². The van der Waals surface area contributed by atoms with Crippen molar-refractivity contribution in [3.8, 4) is 0 Å². The van der Waals surface area contributed by atoms with Crippen LogP contribution in [0.2, 0.25) is 0 Å². The number of rotatable bonds is 8. The maximum absolute atomic E-state index is 14.3. The van der Waals surface area contributed by atoms with Crippen LogP contribution in [0, 0.1) is 11.8 Å². The van der Waals surface area contributed by atoms with Gasteiger partial charge in [0.2, 0.25) is 5.91 Å². The van der Waals surface area contributed by atoms with Crippen LogP contribution in [0.15, 0.2) is 40.4 Å². The van der Waals surface area contributed by atoms with E-state index in [1.807, 2.05) is 18.2 Å². The lowest BCUT2D eigenvalue weighted by Crippen LogP contribution is -2.68. The fraction of sp³-hybridized carbons (Fsp3) is 0.562. The van der Waals surface area contributed by atoms with Gasteiger partial charge in [-0.15, -0.1) is 0 Å². The topological polar surface area (TPSA) is 156 Å². The number of nitrogens with zero attached hydrogens (tertiary/aromatic N) is 4. The lowest BCUT2D eigenvalue weighted by molar-refractivity contribution is -1.04. The standard InChI is InChI=1S/C32H41N4O8S/c1-19-24(30(32(41)42)34-29(19)27(20(2)39)31(34)40)17-33-25-5-3-4-23-22-6-7-36(10-8-35(9-11-36,12-14-37)13-15-38)18-21(22)16-26(28(23)25)45(33,43)44/h3-5,16,19-20,27,29,37-39H,6-15,17-18H2,1-2H3/q+1/p+1/t19-,20?,27?,29+/m0/s1. The van der Waals surface area contributed by atoms with Crippen molar-refractivity contribution in [3.05, 3.63) is 46.7 Å².